The summed E-state index contributed by atoms with van der Waals surface area (Å²) in [6.45, 7) is 6.75. The molecule has 2 atom stereocenters. The van der Waals surface area contributed by atoms with Gasteiger partial charge in [0, 0.05) is 34.9 Å². The Morgan fingerprint density at radius 1 is 1.36 bits per heavy atom. The molecule has 4 rings (SSSR count). The molecule has 0 bridgehead atoms. The molecule has 5 nitrogen and oxygen atoms in total. The average molecular weight is 340 g/mol. The Kier molecular flexibility index (Phi) is 3.91. The van der Waals surface area contributed by atoms with Crippen molar-refractivity contribution < 1.29 is 14.3 Å². The number of benzene rings is 1. The first kappa shape index (κ1) is 16.3. The lowest BCUT2D eigenvalue weighted by Crippen LogP contribution is -2.68. The predicted octanol–water partition coefficient (Wildman–Crippen LogP) is 2.58. The van der Waals surface area contributed by atoms with Crippen LogP contribution in [-0.2, 0) is 9.53 Å². The molecule has 3 aliphatic rings. The lowest BCUT2D eigenvalue weighted by atomic mass is 9.51. The van der Waals surface area contributed by atoms with E-state index < -0.39 is 0 Å². The number of ether oxygens (including phenoxy) is 1. The highest BCUT2D eigenvalue weighted by Crippen LogP contribution is 2.57. The summed E-state index contributed by atoms with van der Waals surface area (Å²) in [6, 6.07) is 7.52. The molecule has 2 amide bonds. The monoisotopic (exact) mass is 340 g/mol. The van der Waals surface area contributed by atoms with Crippen LogP contribution in [0.15, 0.2) is 30.8 Å². The molecule has 132 valence electrons. The molecule has 1 aromatic carbocycles. The van der Waals surface area contributed by atoms with Gasteiger partial charge in [-0.3, -0.25) is 14.5 Å². The molecular weight excluding hydrogens is 316 g/mol. The number of hydrogen-bond donors (Lipinski definition) is 1. The number of fused-ring (bicyclic) bond motifs is 1. The Bertz CT molecular complexity index is 703. The standard InChI is InChI=1S/C20H24N2O3/c1-3-25-17-11-16(20(17)9-6-10-20)21-18(23)12-22-13(2)14-7-4-5-8-15(14)19(22)24/h4-5,7-8,16-17H,2-3,6,9-12H2,1H3,(H,21,23)/t16-,17+/m0/s1. The number of carbonyl (C=O) groups is 2. The average Bonchev–Trinajstić information content (AvgIpc) is 2.78. The maximum absolute atomic E-state index is 12.5. The van der Waals surface area contributed by atoms with Gasteiger partial charge in [0.15, 0.2) is 0 Å². The van der Waals surface area contributed by atoms with Gasteiger partial charge in [-0.1, -0.05) is 31.2 Å². The van der Waals surface area contributed by atoms with Gasteiger partial charge in [0.25, 0.3) is 5.91 Å². The second-order valence-electron chi connectivity index (χ2n) is 7.27. The van der Waals surface area contributed by atoms with Crippen LogP contribution >= 0.6 is 0 Å². The van der Waals surface area contributed by atoms with Crippen molar-refractivity contribution in [3.63, 3.8) is 0 Å². The van der Waals surface area contributed by atoms with Crippen molar-refractivity contribution in [3.05, 3.63) is 42.0 Å². The van der Waals surface area contributed by atoms with E-state index in [-0.39, 0.29) is 35.9 Å². The van der Waals surface area contributed by atoms with E-state index in [0.717, 1.165) is 24.8 Å². The molecule has 1 aliphatic heterocycles. The van der Waals surface area contributed by atoms with Gasteiger partial charge in [0.1, 0.15) is 6.54 Å². The third-order valence-corrected chi connectivity index (χ3v) is 6.11. The topological polar surface area (TPSA) is 58.6 Å². The van der Waals surface area contributed by atoms with Crippen LogP contribution in [0.25, 0.3) is 5.70 Å². The second-order valence-corrected chi connectivity index (χ2v) is 7.27. The normalized spacial score (nSPS) is 26.2. The first-order valence-electron chi connectivity index (χ1n) is 9.08. The largest absolute Gasteiger partial charge is 0.378 e. The van der Waals surface area contributed by atoms with Crippen LogP contribution in [0.4, 0.5) is 0 Å². The summed E-state index contributed by atoms with van der Waals surface area (Å²) in [5, 5.41) is 3.14. The number of hydrogen-bond acceptors (Lipinski definition) is 3. The van der Waals surface area contributed by atoms with Gasteiger partial charge in [-0.25, -0.2) is 0 Å². The van der Waals surface area contributed by atoms with Crippen LogP contribution in [0, 0.1) is 5.41 Å². The molecule has 5 heteroatoms. The van der Waals surface area contributed by atoms with Gasteiger partial charge >= 0.3 is 0 Å². The van der Waals surface area contributed by atoms with Gasteiger partial charge < -0.3 is 10.1 Å². The van der Waals surface area contributed by atoms with Gasteiger partial charge in [-0.05, 0) is 32.3 Å². The Morgan fingerprint density at radius 3 is 2.68 bits per heavy atom. The van der Waals surface area contributed by atoms with E-state index >= 15 is 0 Å². The van der Waals surface area contributed by atoms with Gasteiger partial charge in [-0.15, -0.1) is 0 Å². The molecule has 1 N–H and O–H groups in total. The molecule has 2 aliphatic carbocycles. The fraction of sp³-hybridized carbons (Fsp3) is 0.500. The minimum absolute atomic E-state index is 0.0260. The Hall–Kier alpha value is -2.14. The van der Waals surface area contributed by atoms with E-state index in [0.29, 0.717) is 17.9 Å². The quantitative estimate of drug-likeness (QED) is 0.896. The number of rotatable bonds is 5. The SMILES string of the molecule is C=C1c2ccccc2C(=O)N1CC(=O)N[C@H]1C[C@@H](OCC)C12CCC2. The van der Waals surface area contributed by atoms with Crippen molar-refractivity contribution in [1.29, 1.82) is 0 Å². The molecule has 1 heterocycles. The molecule has 25 heavy (non-hydrogen) atoms. The molecule has 0 unspecified atom stereocenters. The zero-order valence-electron chi connectivity index (χ0n) is 14.6. The van der Waals surface area contributed by atoms with Crippen LogP contribution in [0.1, 0.15) is 48.5 Å². The van der Waals surface area contributed by atoms with Crippen LogP contribution in [0.5, 0.6) is 0 Å². The molecule has 2 fully saturated rings. The van der Waals surface area contributed by atoms with Crippen LogP contribution in [0.3, 0.4) is 0 Å². The first-order chi connectivity index (χ1) is 12.1. The lowest BCUT2D eigenvalue weighted by Gasteiger charge is -2.61. The zero-order chi connectivity index (χ0) is 17.6. The third-order valence-electron chi connectivity index (χ3n) is 6.11. The number of amides is 2. The van der Waals surface area contributed by atoms with E-state index in [1.54, 1.807) is 6.07 Å². The van der Waals surface area contributed by atoms with E-state index in [2.05, 4.69) is 11.9 Å². The number of nitrogens with one attached hydrogen (secondary N) is 1. The Labute approximate surface area is 148 Å². The first-order valence-corrected chi connectivity index (χ1v) is 9.08. The zero-order valence-corrected chi connectivity index (χ0v) is 14.6. The molecule has 2 saturated carbocycles. The maximum Gasteiger partial charge on any atom is 0.259 e. The molecular formula is C20H24N2O3. The minimum Gasteiger partial charge on any atom is -0.378 e. The maximum atomic E-state index is 12.5. The van der Waals surface area contributed by atoms with Crippen molar-refractivity contribution in [3.8, 4) is 0 Å². The second kappa shape index (κ2) is 5.99. The van der Waals surface area contributed by atoms with E-state index in [1.165, 1.54) is 11.3 Å². The molecule has 0 aromatic heterocycles. The highest BCUT2D eigenvalue weighted by molar-refractivity contribution is 6.10. The lowest BCUT2D eigenvalue weighted by molar-refractivity contribution is -0.175. The summed E-state index contributed by atoms with van der Waals surface area (Å²) in [7, 11) is 0. The van der Waals surface area contributed by atoms with Crippen molar-refractivity contribution in [2.45, 2.75) is 44.8 Å². The van der Waals surface area contributed by atoms with E-state index in [1.807, 2.05) is 25.1 Å². The fourth-order valence-corrected chi connectivity index (χ4v) is 4.53. The van der Waals surface area contributed by atoms with Gasteiger partial charge in [0.2, 0.25) is 5.91 Å². The summed E-state index contributed by atoms with van der Waals surface area (Å²) in [5.41, 5.74) is 2.17. The van der Waals surface area contributed by atoms with Crippen molar-refractivity contribution in [1.82, 2.24) is 10.2 Å². The molecule has 0 radical (unpaired) electrons. The summed E-state index contributed by atoms with van der Waals surface area (Å²) in [5.74, 6) is -0.261. The Balaban J connectivity index is 1.39. The van der Waals surface area contributed by atoms with Crippen LogP contribution < -0.4 is 5.32 Å². The van der Waals surface area contributed by atoms with Gasteiger partial charge in [0.05, 0.1) is 6.10 Å². The van der Waals surface area contributed by atoms with Crippen molar-refractivity contribution >= 4 is 17.5 Å². The van der Waals surface area contributed by atoms with Crippen LogP contribution in [-0.4, -0.2) is 42.0 Å². The minimum atomic E-state index is -0.144. The highest BCUT2D eigenvalue weighted by Gasteiger charge is 2.59. The third kappa shape index (κ3) is 2.41. The summed E-state index contributed by atoms with van der Waals surface area (Å²) >= 11 is 0. The summed E-state index contributed by atoms with van der Waals surface area (Å²) < 4.78 is 5.83. The number of carbonyl (C=O) groups excluding carboxylic acids is 2. The summed E-state index contributed by atoms with van der Waals surface area (Å²) in [4.78, 5) is 26.5. The summed E-state index contributed by atoms with van der Waals surface area (Å²) in [6.07, 6.45) is 4.57. The fourth-order valence-electron chi connectivity index (χ4n) is 4.53. The molecule has 0 saturated heterocycles. The smallest absolute Gasteiger partial charge is 0.259 e. The van der Waals surface area contributed by atoms with Crippen LogP contribution in [0.2, 0.25) is 0 Å². The van der Waals surface area contributed by atoms with Crippen molar-refractivity contribution in [2.75, 3.05) is 13.2 Å². The predicted molar refractivity (Wildman–Crippen MR) is 94.8 cm³/mol. The Morgan fingerprint density at radius 2 is 2.08 bits per heavy atom. The van der Waals surface area contributed by atoms with Gasteiger partial charge in [-0.2, -0.15) is 0 Å². The highest BCUT2D eigenvalue weighted by atomic mass is 16.5. The molecule has 1 aromatic rings. The molecule has 1 spiro atoms. The van der Waals surface area contributed by atoms with E-state index in [9.17, 15) is 9.59 Å². The van der Waals surface area contributed by atoms with E-state index in [4.69, 9.17) is 4.74 Å². The van der Waals surface area contributed by atoms with Crippen molar-refractivity contribution in [2.24, 2.45) is 5.41 Å². The number of nitrogens with zero attached hydrogens (tertiary/aromatic N) is 1.